The van der Waals surface area contributed by atoms with Crippen LogP contribution in [0.5, 0.6) is 5.75 Å². The third-order valence-corrected chi connectivity index (χ3v) is 2.35. The van der Waals surface area contributed by atoms with Crippen molar-refractivity contribution < 1.29 is 14.0 Å². The van der Waals surface area contributed by atoms with Crippen LogP contribution in [0.25, 0.3) is 11.0 Å². The van der Waals surface area contributed by atoms with Crippen LogP contribution < -0.4 is 4.74 Å². The van der Waals surface area contributed by atoms with Gasteiger partial charge in [-0.1, -0.05) is 5.16 Å². The summed E-state index contributed by atoms with van der Waals surface area (Å²) < 4.78 is 15.5. The summed E-state index contributed by atoms with van der Waals surface area (Å²) in [5.74, 6) is 0.764. The average molecular weight is 207 g/mol. The number of aryl methyl sites for hydroxylation is 1. The molecule has 0 radical (unpaired) electrons. The number of aromatic nitrogens is 1. The van der Waals surface area contributed by atoms with E-state index < -0.39 is 0 Å². The molecule has 1 aromatic carbocycles. The van der Waals surface area contributed by atoms with E-state index in [4.69, 9.17) is 14.0 Å². The van der Waals surface area contributed by atoms with E-state index in [1.54, 1.807) is 14.2 Å². The predicted molar refractivity (Wildman–Crippen MR) is 56.0 cm³/mol. The first-order valence-corrected chi connectivity index (χ1v) is 4.68. The topological polar surface area (TPSA) is 44.5 Å². The number of hydrogen-bond donors (Lipinski definition) is 0. The van der Waals surface area contributed by atoms with Gasteiger partial charge in [0.2, 0.25) is 0 Å². The molecule has 0 spiro atoms. The highest BCUT2D eigenvalue weighted by Crippen LogP contribution is 2.28. The number of nitrogens with zero attached hydrogens (tertiary/aromatic N) is 1. The quantitative estimate of drug-likeness (QED) is 0.774. The lowest BCUT2D eigenvalue weighted by molar-refractivity contribution is 0.182. The van der Waals surface area contributed by atoms with Crippen LogP contribution in [0.1, 0.15) is 11.3 Å². The molecule has 0 N–H and O–H groups in total. The Morgan fingerprint density at radius 1 is 1.33 bits per heavy atom. The van der Waals surface area contributed by atoms with Crippen molar-refractivity contribution >= 4 is 11.0 Å². The molecule has 0 bridgehead atoms. The summed E-state index contributed by atoms with van der Waals surface area (Å²) in [6.07, 6.45) is 0. The Kier molecular flexibility index (Phi) is 2.60. The zero-order valence-corrected chi connectivity index (χ0v) is 9.03. The molecule has 2 aromatic rings. The lowest BCUT2D eigenvalue weighted by Gasteiger charge is -2.06. The molecular weight excluding hydrogens is 194 g/mol. The first kappa shape index (κ1) is 9.98. The van der Waals surface area contributed by atoms with Crippen molar-refractivity contribution in [3.8, 4) is 5.75 Å². The van der Waals surface area contributed by atoms with Crippen LogP contribution in [-0.4, -0.2) is 19.4 Å². The first-order chi connectivity index (χ1) is 7.26. The molecule has 0 amide bonds. The fraction of sp³-hybridized carbons (Fsp3) is 0.364. The van der Waals surface area contributed by atoms with Gasteiger partial charge in [0.25, 0.3) is 0 Å². The molecule has 80 valence electrons. The molecule has 0 aliphatic carbocycles. The second-order valence-electron chi connectivity index (χ2n) is 3.36. The van der Waals surface area contributed by atoms with Crippen molar-refractivity contribution in [1.82, 2.24) is 5.16 Å². The molecule has 4 nitrogen and oxygen atoms in total. The van der Waals surface area contributed by atoms with E-state index in [1.807, 2.05) is 19.1 Å². The summed E-state index contributed by atoms with van der Waals surface area (Å²) in [4.78, 5) is 0. The van der Waals surface area contributed by atoms with Gasteiger partial charge in [-0.25, -0.2) is 0 Å². The summed E-state index contributed by atoms with van der Waals surface area (Å²) in [5.41, 5.74) is 2.62. The number of hydrogen-bond acceptors (Lipinski definition) is 4. The maximum absolute atomic E-state index is 5.25. The third kappa shape index (κ3) is 1.68. The highest BCUT2D eigenvalue weighted by atomic mass is 16.5. The van der Waals surface area contributed by atoms with Crippen molar-refractivity contribution in [3.05, 3.63) is 23.4 Å². The third-order valence-electron chi connectivity index (χ3n) is 2.35. The number of benzene rings is 1. The zero-order valence-electron chi connectivity index (χ0n) is 9.03. The SMILES string of the molecule is COCc1cc2c(C)noc2cc1OC. The summed E-state index contributed by atoms with van der Waals surface area (Å²) in [6.45, 7) is 2.43. The smallest absolute Gasteiger partial charge is 0.170 e. The fourth-order valence-corrected chi connectivity index (χ4v) is 1.59. The van der Waals surface area contributed by atoms with Crippen molar-refractivity contribution in [1.29, 1.82) is 0 Å². The molecule has 15 heavy (non-hydrogen) atoms. The Bertz CT molecular complexity index is 476. The zero-order chi connectivity index (χ0) is 10.8. The van der Waals surface area contributed by atoms with Crippen molar-refractivity contribution in [2.45, 2.75) is 13.5 Å². The van der Waals surface area contributed by atoms with Crippen LogP contribution in [0.15, 0.2) is 16.7 Å². The van der Waals surface area contributed by atoms with Crippen LogP contribution in [0.2, 0.25) is 0 Å². The van der Waals surface area contributed by atoms with Gasteiger partial charge < -0.3 is 14.0 Å². The Labute approximate surface area is 87.8 Å². The lowest BCUT2D eigenvalue weighted by atomic mass is 10.1. The van der Waals surface area contributed by atoms with Gasteiger partial charge in [-0.05, 0) is 13.0 Å². The maximum Gasteiger partial charge on any atom is 0.170 e. The average Bonchev–Trinajstić information content (AvgIpc) is 2.60. The Hall–Kier alpha value is -1.55. The molecule has 1 heterocycles. The van der Waals surface area contributed by atoms with Gasteiger partial charge in [0.05, 0.1) is 19.4 Å². The van der Waals surface area contributed by atoms with Gasteiger partial charge in [0.1, 0.15) is 5.75 Å². The normalized spacial score (nSPS) is 10.9. The van der Waals surface area contributed by atoms with Gasteiger partial charge in [-0.15, -0.1) is 0 Å². The van der Waals surface area contributed by atoms with E-state index >= 15 is 0 Å². The second kappa shape index (κ2) is 3.90. The largest absolute Gasteiger partial charge is 0.496 e. The molecular formula is C11H13NO3. The van der Waals surface area contributed by atoms with Crippen LogP contribution >= 0.6 is 0 Å². The number of fused-ring (bicyclic) bond motifs is 1. The molecule has 0 aliphatic rings. The van der Waals surface area contributed by atoms with E-state index in [0.717, 1.165) is 28.0 Å². The minimum absolute atomic E-state index is 0.518. The number of rotatable bonds is 3. The second-order valence-corrected chi connectivity index (χ2v) is 3.36. The summed E-state index contributed by atoms with van der Waals surface area (Å²) in [7, 11) is 3.29. The summed E-state index contributed by atoms with van der Waals surface area (Å²) in [6, 6.07) is 3.83. The lowest BCUT2D eigenvalue weighted by Crippen LogP contribution is -1.93. The van der Waals surface area contributed by atoms with Crippen LogP contribution in [0.3, 0.4) is 0 Å². The van der Waals surface area contributed by atoms with E-state index in [0.29, 0.717) is 6.61 Å². The molecule has 1 aromatic heterocycles. The standard InChI is InChI=1S/C11H13NO3/c1-7-9-4-8(6-13-2)10(14-3)5-11(9)15-12-7/h4-5H,6H2,1-3H3. The van der Waals surface area contributed by atoms with Gasteiger partial charge in [-0.2, -0.15) is 0 Å². The van der Waals surface area contributed by atoms with Gasteiger partial charge in [0.15, 0.2) is 5.58 Å². The van der Waals surface area contributed by atoms with Crippen molar-refractivity contribution in [2.24, 2.45) is 0 Å². The summed E-state index contributed by atoms with van der Waals surface area (Å²) in [5, 5.41) is 4.90. The molecule has 2 rings (SSSR count). The Morgan fingerprint density at radius 2 is 2.13 bits per heavy atom. The Morgan fingerprint density at radius 3 is 2.80 bits per heavy atom. The van der Waals surface area contributed by atoms with Crippen molar-refractivity contribution in [3.63, 3.8) is 0 Å². The van der Waals surface area contributed by atoms with Crippen LogP contribution in [0.4, 0.5) is 0 Å². The highest BCUT2D eigenvalue weighted by Gasteiger charge is 2.10. The molecule has 0 saturated carbocycles. The molecule has 0 saturated heterocycles. The molecule has 4 heteroatoms. The number of methoxy groups -OCH3 is 2. The monoisotopic (exact) mass is 207 g/mol. The highest BCUT2D eigenvalue weighted by molar-refractivity contribution is 5.81. The van der Waals surface area contributed by atoms with Crippen LogP contribution in [-0.2, 0) is 11.3 Å². The number of ether oxygens (including phenoxy) is 2. The van der Waals surface area contributed by atoms with E-state index in [9.17, 15) is 0 Å². The summed E-state index contributed by atoms with van der Waals surface area (Å²) >= 11 is 0. The van der Waals surface area contributed by atoms with Gasteiger partial charge in [0, 0.05) is 24.1 Å². The van der Waals surface area contributed by atoms with E-state index in [-0.39, 0.29) is 0 Å². The maximum atomic E-state index is 5.25. The minimum atomic E-state index is 0.518. The van der Waals surface area contributed by atoms with Crippen molar-refractivity contribution in [2.75, 3.05) is 14.2 Å². The predicted octanol–water partition coefficient (Wildman–Crippen LogP) is 2.29. The van der Waals surface area contributed by atoms with E-state index in [2.05, 4.69) is 5.16 Å². The first-order valence-electron chi connectivity index (χ1n) is 4.68. The van der Waals surface area contributed by atoms with Crippen LogP contribution in [0, 0.1) is 6.92 Å². The van der Waals surface area contributed by atoms with Gasteiger partial charge in [-0.3, -0.25) is 0 Å². The minimum Gasteiger partial charge on any atom is -0.496 e. The molecule has 0 atom stereocenters. The fourth-order valence-electron chi connectivity index (χ4n) is 1.59. The van der Waals surface area contributed by atoms with Gasteiger partial charge >= 0.3 is 0 Å². The molecule has 0 fully saturated rings. The Balaban J connectivity index is 2.60. The van der Waals surface area contributed by atoms with E-state index in [1.165, 1.54) is 0 Å². The molecule has 0 unspecified atom stereocenters. The molecule has 0 aliphatic heterocycles.